The lowest BCUT2D eigenvalue weighted by molar-refractivity contribution is 0.561. The van der Waals surface area contributed by atoms with Gasteiger partial charge in [0.15, 0.2) is 0 Å². The highest BCUT2D eigenvalue weighted by atomic mass is 32.2. The SMILES string of the molecule is CC(C)(C)[S+]([O-])/N=C\c1cc(F)ccc1F. The zero-order chi connectivity index (χ0) is 12.3. The zero-order valence-corrected chi connectivity index (χ0v) is 10.1. The summed E-state index contributed by atoms with van der Waals surface area (Å²) in [4.78, 5) is 0. The molecular weight excluding hydrogens is 232 g/mol. The Morgan fingerprint density at radius 3 is 2.50 bits per heavy atom. The van der Waals surface area contributed by atoms with Crippen molar-refractivity contribution in [1.29, 1.82) is 0 Å². The molecule has 0 radical (unpaired) electrons. The summed E-state index contributed by atoms with van der Waals surface area (Å²) in [5, 5.41) is 0. The minimum atomic E-state index is -1.47. The second kappa shape index (κ2) is 4.93. The largest absolute Gasteiger partial charge is 0.591 e. The van der Waals surface area contributed by atoms with Gasteiger partial charge >= 0.3 is 0 Å². The van der Waals surface area contributed by atoms with E-state index in [4.69, 9.17) is 0 Å². The van der Waals surface area contributed by atoms with Crippen LogP contribution in [0.4, 0.5) is 8.78 Å². The van der Waals surface area contributed by atoms with Crippen molar-refractivity contribution in [3.8, 4) is 0 Å². The molecule has 2 nitrogen and oxygen atoms in total. The molecule has 0 aliphatic carbocycles. The van der Waals surface area contributed by atoms with Gasteiger partial charge in [0.25, 0.3) is 0 Å². The summed E-state index contributed by atoms with van der Waals surface area (Å²) in [7, 11) is 0. The number of benzene rings is 1. The van der Waals surface area contributed by atoms with Crippen LogP contribution < -0.4 is 0 Å². The number of hydrogen-bond donors (Lipinski definition) is 0. The minimum Gasteiger partial charge on any atom is -0.591 e. The molecule has 0 aliphatic rings. The van der Waals surface area contributed by atoms with Gasteiger partial charge in [-0.2, -0.15) is 0 Å². The second-order valence-corrected chi connectivity index (χ2v) is 6.20. The van der Waals surface area contributed by atoms with Crippen molar-refractivity contribution in [3.63, 3.8) is 0 Å². The molecule has 1 aromatic rings. The molecule has 1 atom stereocenters. The van der Waals surface area contributed by atoms with Crippen LogP contribution >= 0.6 is 0 Å². The van der Waals surface area contributed by atoms with E-state index in [1.807, 2.05) is 0 Å². The summed E-state index contributed by atoms with van der Waals surface area (Å²) >= 11 is -1.47. The van der Waals surface area contributed by atoms with Crippen molar-refractivity contribution in [3.05, 3.63) is 35.4 Å². The van der Waals surface area contributed by atoms with Gasteiger partial charge in [-0.15, -0.1) is 0 Å². The van der Waals surface area contributed by atoms with Gasteiger partial charge in [0.05, 0.1) is 6.21 Å². The van der Waals surface area contributed by atoms with E-state index in [2.05, 4.69) is 4.40 Å². The summed E-state index contributed by atoms with van der Waals surface area (Å²) in [6.07, 6.45) is 1.10. The first-order valence-electron chi connectivity index (χ1n) is 4.72. The molecule has 1 rings (SSSR count). The lowest BCUT2D eigenvalue weighted by Gasteiger charge is -2.17. The zero-order valence-electron chi connectivity index (χ0n) is 9.33. The van der Waals surface area contributed by atoms with Gasteiger partial charge in [-0.05, 0) is 39.0 Å². The molecule has 1 aromatic carbocycles. The molecule has 0 spiro atoms. The minimum absolute atomic E-state index is 0.00222. The van der Waals surface area contributed by atoms with E-state index in [1.165, 1.54) is 0 Å². The van der Waals surface area contributed by atoms with Crippen LogP contribution in [0.2, 0.25) is 0 Å². The summed E-state index contributed by atoms with van der Waals surface area (Å²) in [6, 6.07) is 3.04. The first kappa shape index (κ1) is 13.1. The smallest absolute Gasteiger partial charge is 0.144 e. The maximum atomic E-state index is 13.2. The Labute approximate surface area is 96.7 Å². The van der Waals surface area contributed by atoms with Crippen LogP contribution in [0.5, 0.6) is 0 Å². The third kappa shape index (κ3) is 3.57. The van der Waals surface area contributed by atoms with E-state index in [0.717, 1.165) is 24.4 Å². The van der Waals surface area contributed by atoms with E-state index in [0.29, 0.717) is 0 Å². The van der Waals surface area contributed by atoms with Crippen LogP contribution in [0.3, 0.4) is 0 Å². The molecule has 88 valence electrons. The van der Waals surface area contributed by atoms with Crippen LogP contribution in [0.1, 0.15) is 26.3 Å². The van der Waals surface area contributed by atoms with Gasteiger partial charge in [0.2, 0.25) is 0 Å². The van der Waals surface area contributed by atoms with Crippen molar-refractivity contribution < 1.29 is 13.3 Å². The molecule has 0 aliphatic heterocycles. The standard InChI is InChI=1S/C11H13F2NOS/c1-11(2,3)16(15)14-7-8-6-9(12)4-5-10(8)13/h4-7H,1-3H3/b14-7-. The lowest BCUT2D eigenvalue weighted by atomic mass is 10.2. The molecule has 0 fully saturated rings. The maximum absolute atomic E-state index is 13.2. The number of rotatable bonds is 2. The molecule has 0 saturated carbocycles. The van der Waals surface area contributed by atoms with Crippen LogP contribution in [-0.4, -0.2) is 15.5 Å². The highest BCUT2D eigenvalue weighted by Gasteiger charge is 2.25. The molecule has 0 bridgehead atoms. The molecule has 1 unspecified atom stereocenters. The van der Waals surface area contributed by atoms with Gasteiger partial charge in [-0.25, -0.2) is 8.78 Å². The average molecular weight is 245 g/mol. The first-order chi connectivity index (χ1) is 7.30. The van der Waals surface area contributed by atoms with Crippen molar-refractivity contribution in [2.75, 3.05) is 0 Å². The fourth-order valence-electron chi connectivity index (χ4n) is 0.876. The molecular formula is C11H13F2NOS. The van der Waals surface area contributed by atoms with E-state index in [-0.39, 0.29) is 5.56 Å². The number of hydrogen-bond acceptors (Lipinski definition) is 2. The van der Waals surface area contributed by atoms with Gasteiger partial charge in [0, 0.05) is 5.56 Å². The van der Waals surface area contributed by atoms with E-state index in [9.17, 15) is 13.3 Å². The quantitative estimate of drug-likeness (QED) is 0.583. The third-order valence-electron chi connectivity index (χ3n) is 1.77. The predicted molar refractivity (Wildman–Crippen MR) is 61.8 cm³/mol. The summed E-state index contributed by atoms with van der Waals surface area (Å²) < 4.78 is 40.7. The predicted octanol–water partition coefficient (Wildman–Crippen LogP) is 2.85. The fraction of sp³-hybridized carbons (Fsp3) is 0.364. The number of nitrogens with zero attached hydrogens (tertiary/aromatic N) is 1. The maximum Gasteiger partial charge on any atom is 0.144 e. The van der Waals surface area contributed by atoms with E-state index >= 15 is 0 Å². The first-order valence-corrected chi connectivity index (χ1v) is 5.82. The Bertz CT molecular complexity index is 401. The van der Waals surface area contributed by atoms with Crippen LogP contribution in [0, 0.1) is 11.6 Å². The van der Waals surface area contributed by atoms with Crippen molar-refractivity contribution >= 4 is 17.6 Å². The van der Waals surface area contributed by atoms with Gasteiger partial charge in [-0.1, -0.05) is 4.40 Å². The average Bonchev–Trinajstić information content (AvgIpc) is 2.17. The lowest BCUT2D eigenvalue weighted by Crippen LogP contribution is -2.25. The topological polar surface area (TPSA) is 35.4 Å². The molecule has 0 N–H and O–H groups in total. The monoisotopic (exact) mass is 245 g/mol. The Morgan fingerprint density at radius 1 is 1.31 bits per heavy atom. The molecule has 0 heterocycles. The molecule has 0 aromatic heterocycles. The summed E-state index contributed by atoms with van der Waals surface area (Å²) in [6.45, 7) is 5.26. The second-order valence-electron chi connectivity index (χ2n) is 4.26. The fourth-order valence-corrected chi connectivity index (χ4v) is 1.40. The third-order valence-corrected chi connectivity index (χ3v) is 3.11. The Hall–Kier alpha value is -0.940. The van der Waals surface area contributed by atoms with Gasteiger partial charge in [-0.3, -0.25) is 0 Å². The van der Waals surface area contributed by atoms with Crippen LogP contribution in [0.15, 0.2) is 22.6 Å². The van der Waals surface area contributed by atoms with Crippen molar-refractivity contribution in [1.82, 2.24) is 0 Å². The highest BCUT2D eigenvalue weighted by Crippen LogP contribution is 2.17. The Balaban J connectivity index is 2.88. The van der Waals surface area contributed by atoms with Gasteiger partial charge < -0.3 is 4.55 Å². The molecule has 5 heteroatoms. The molecule has 0 amide bonds. The van der Waals surface area contributed by atoms with Crippen LogP contribution in [-0.2, 0) is 11.4 Å². The van der Waals surface area contributed by atoms with E-state index < -0.39 is 27.7 Å². The normalized spacial score (nSPS) is 14.4. The van der Waals surface area contributed by atoms with Crippen molar-refractivity contribution in [2.24, 2.45) is 4.40 Å². The Morgan fingerprint density at radius 2 is 1.94 bits per heavy atom. The highest BCUT2D eigenvalue weighted by molar-refractivity contribution is 7.91. The van der Waals surface area contributed by atoms with E-state index in [1.54, 1.807) is 20.8 Å². The van der Waals surface area contributed by atoms with Crippen molar-refractivity contribution in [2.45, 2.75) is 25.5 Å². The van der Waals surface area contributed by atoms with Crippen LogP contribution in [0.25, 0.3) is 0 Å². The summed E-state index contributed by atoms with van der Waals surface area (Å²) in [5.74, 6) is -1.14. The molecule has 0 saturated heterocycles. The summed E-state index contributed by atoms with van der Waals surface area (Å²) in [5.41, 5.74) is -0.00222. The van der Waals surface area contributed by atoms with Gasteiger partial charge in [0.1, 0.15) is 27.7 Å². The molecule has 16 heavy (non-hydrogen) atoms. The Kier molecular flexibility index (Phi) is 4.04. The number of halogens is 2.